The summed E-state index contributed by atoms with van der Waals surface area (Å²) in [6, 6.07) is 15.9. The molecule has 0 aliphatic heterocycles. The molecule has 34 heavy (non-hydrogen) atoms. The Morgan fingerprint density at radius 2 is 1.50 bits per heavy atom. The first-order chi connectivity index (χ1) is 16.2. The maximum Gasteiger partial charge on any atom is 0.407 e. The van der Waals surface area contributed by atoms with Crippen LogP contribution in [0.25, 0.3) is 11.1 Å². The summed E-state index contributed by atoms with van der Waals surface area (Å²) in [4.78, 5) is 49.1. The predicted octanol–water partition coefficient (Wildman–Crippen LogP) is 2.35. The number of fused-ring (bicyclic) bond motifs is 3. The van der Waals surface area contributed by atoms with E-state index >= 15 is 0 Å². The molecule has 3 amide bonds. The van der Waals surface area contributed by atoms with Crippen molar-refractivity contribution in [3.8, 4) is 11.1 Å². The third-order valence-corrected chi connectivity index (χ3v) is 5.99. The van der Waals surface area contributed by atoms with E-state index in [4.69, 9.17) is 4.74 Å². The molecule has 0 aromatic heterocycles. The van der Waals surface area contributed by atoms with Gasteiger partial charge in [0, 0.05) is 12.5 Å². The van der Waals surface area contributed by atoms with Gasteiger partial charge in [-0.25, -0.2) is 9.59 Å². The number of benzene rings is 2. The highest BCUT2D eigenvalue weighted by molar-refractivity contribution is 5.90. The lowest BCUT2D eigenvalue weighted by atomic mass is 9.98. The van der Waals surface area contributed by atoms with E-state index in [1.165, 1.54) is 13.8 Å². The number of amides is 3. The average Bonchev–Trinajstić information content (AvgIpc) is 3.14. The van der Waals surface area contributed by atoms with Gasteiger partial charge in [-0.15, -0.1) is 0 Å². The van der Waals surface area contributed by atoms with Crippen LogP contribution in [0.3, 0.4) is 0 Å². The number of nitrogens with one attached hydrogen (secondary N) is 2. The minimum absolute atomic E-state index is 0.0952. The summed E-state index contributed by atoms with van der Waals surface area (Å²) in [5, 5.41) is 14.1. The molecule has 0 spiro atoms. The minimum atomic E-state index is -1.41. The molecule has 9 nitrogen and oxygen atoms in total. The zero-order chi connectivity index (χ0) is 24.9. The molecule has 2 aromatic carbocycles. The highest BCUT2D eigenvalue weighted by atomic mass is 16.5. The maximum absolute atomic E-state index is 12.4. The average molecular weight is 468 g/mol. The van der Waals surface area contributed by atoms with Crippen LogP contribution >= 0.6 is 0 Å². The summed E-state index contributed by atoms with van der Waals surface area (Å²) in [5.74, 6) is -2.37. The summed E-state index contributed by atoms with van der Waals surface area (Å²) >= 11 is 0. The molecule has 0 saturated heterocycles. The van der Waals surface area contributed by atoms with Crippen LogP contribution in [0.1, 0.15) is 37.8 Å². The molecular weight excluding hydrogens is 438 g/mol. The first-order valence-corrected chi connectivity index (χ1v) is 11.1. The molecule has 2 aromatic rings. The van der Waals surface area contributed by atoms with Crippen molar-refractivity contribution in [3.63, 3.8) is 0 Å². The van der Waals surface area contributed by atoms with Crippen LogP contribution < -0.4 is 10.6 Å². The molecule has 1 aliphatic rings. The highest BCUT2D eigenvalue weighted by Crippen LogP contribution is 2.44. The predicted molar refractivity (Wildman–Crippen MR) is 125 cm³/mol. The molecule has 0 radical (unpaired) electrons. The number of ether oxygens (including phenoxy) is 1. The van der Waals surface area contributed by atoms with Crippen molar-refractivity contribution in [2.45, 2.75) is 32.2 Å². The van der Waals surface area contributed by atoms with E-state index in [2.05, 4.69) is 10.6 Å². The number of carbonyl (C=O) groups is 4. The maximum atomic E-state index is 12.4. The number of aliphatic carboxylic acids is 1. The molecule has 180 valence electrons. The fourth-order valence-corrected chi connectivity index (χ4v) is 4.13. The Bertz CT molecular complexity index is 1050. The van der Waals surface area contributed by atoms with Crippen molar-refractivity contribution in [3.05, 3.63) is 59.7 Å². The van der Waals surface area contributed by atoms with Gasteiger partial charge in [0.1, 0.15) is 18.7 Å². The summed E-state index contributed by atoms with van der Waals surface area (Å²) in [7, 11) is 0. The van der Waals surface area contributed by atoms with Crippen molar-refractivity contribution in [1.29, 1.82) is 0 Å². The van der Waals surface area contributed by atoms with E-state index in [1.807, 2.05) is 48.5 Å². The number of nitrogens with zero attached hydrogens (tertiary/aromatic N) is 1. The Labute approximate surface area is 198 Å². The van der Waals surface area contributed by atoms with E-state index in [0.29, 0.717) is 0 Å². The fraction of sp³-hybridized carbons (Fsp3) is 0.360. The molecule has 0 heterocycles. The van der Waals surface area contributed by atoms with Gasteiger partial charge in [0.2, 0.25) is 11.8 Å². The van der Waals surface area contributed by atoms with E-state index in [0.717, 1.165) is 27.2 Å². The number of hydrogen-bond donors (Lipinski definition) is 3. The largest absolute Gasteiger partial charge is 0.480 e. The van der Waals surface area contributed by atoms with Crippen LogP contribution in [0.4, 0.5) is 4.79 Å². The van der Waals surface area contributed by atoms with E-state index < -0.39 is 29.4 Å². The van der Waals surface area contributed by atoms with E-state index in [-0.39, 0.29) is 32.2 Å². The normalized spacial score (nSPS) is 12.3. The fourth-order valence-electron chi connectivity index (χ4n) is 4.13. The quantitative estimate of drug-likeness (QED) is 0.520. The lowest BCUT2D eigenvalue weighted by Gasteiger charge is -2.34. The Kier molecular flexibility index (Phi) is 7.55. The van der Waals surface area contributed by atoms with Crippen molar-refractivity contribution in [2.24, 2.45) is 0 Å². The molecule has 0 unspecified atom stereocenters. The number of rotatable bonds is 9. The topological polar surface area (TPSA) is 125 Å². The SMILES string of the molecule is CCN(C(=O)CNC(=O)CNC(=O)OCC1c2ccccc2-c2ccccc21)C(C)(C)C(=O)O. The van der Waals surface area contributed by atoms with Crippen molar-refractivity contribution in [1.82, 2.24) is 15.5 Å². The van der Waals surface area contributed by atoms with Crippen LogP contribution in [0.15, 0.2) is 48.5 Å². The van der Waals surface area contributed by atoms with Gasteiger partial charge in [-0.05, 0) is 43.0 Å². The van der Waals surface area contributed by atoms with Gasteiger partial charge in [-0.3, -0.25) is 9.59 Å². The summed E-state index contributed by atoms with van der Waals surface area (Å²) in [5.41, 5.74) is 2.98. The number of carboxylic acids is 1. The number of carbonyl (C=O) groups excluding carboxylic acids is 3. The van der Waals surface area contributed by atoms with Crippen LogP contribution in [-0.4, -0.2) is 65.7 Å². The second kappa shape index (κ2) is 10.4. The van der Waals surface area contributed by atoms with Crippen molar-refractivity contribution < 1.29 is 29.0 Å². The molecule has 0 saturated carbocycles. The molecule has 0 bridgehead atoms. The molecule has 9 heteroatoms. The molecule has 3 rings (SSSR count). The van der Waals surface area contributed by atoms with Gasteiger partial charge >= 0.3 is 12.1 Å². The van der Waals surface area contributed by atoms with Crippen molar-refractivity contribution >= 4 is 23.9 Å². The number of hydrogen-bond acceptors (Lipinski definition) is 5. The molecule has 0 atom stereocenters. The molecule has 0 fully saturated rings. The van der Waals surface area contributed by atoms with Crippen molar-refractivity contribution in [2.75, 3.05) is 26.2 Å². The lowest BCUT2D eigenvalue weighted by Crippen LogP contribution is -2.55. The Morgan fingerprint density at radius 1 is 0.941 bits per heavy atom. The standard InChI is InChI=1S/C25H29N3O6/c1-4-28(25(2,3)23(31)32)22(30)14-26-21(29)13-27-24(33)34-15-20-18-11-7-5-9-16(18)17-10-6-8-12-19(17)20/h5-12,20H,4,13-15H2,1-3H3,(H,26,29)(H,27,33)(H,31,32). The second-order valence-corrected chi connectivity index (χ2v) is 8.46. The summed E-state index contributed by atoms with van der Waals surface area (Å²) in [6.07, 6.45) is -0.745. The smallest absolute Gasteiger partial charge is 0.407 e. The van der Waals surface area contributed by atoms with Gasteiger partial charge in [0.15, 0.2) is 0 Å². The molecule has 3 N–H and O–H groups in total. The number of likely N-dealkylation sites (N-methyl/N-ethyl adjacent to an activating group) is 1. The molecule has 1 aliphatic carbocycles. The van der Waals surface area contributed by atoms with E-state index in [1.54, 1.807) is 6.92 Å². The third kappa shape index (κ3) is 5.19. The van der Waals surface area contributed by atoms with E-state index in [9.17, 15) is 24.3 Å². The minimum Gasteiger partial charge on any atom is -0.480 e. The Balaban J connectivity index is 1.47. The Hall–Kier alpha value is -3.88. The van der Waals surface area contributed by atoms with Gasteiger partial charge in [0.25, 0.3) is 0 Å². The van der Waals surface area contributed by atoms with Crippen LogP contribution in [0, 0.1) is 0 Å². The second-order valence-electron chi connectivity index (χ2n) is 8.46. The molecular formula is C25H29N3O6. The van der Waals surface area contributed by atoms with Crippen LogP contribution in [-0.2, 0) is 19.1 Å². The number of alkyl carbamates (subject to hydrolysis) is 1. The zero-order valence-corrected chi connectivity index (χ0v) is 19.5. The third-order valence-electron chi connectivity index (χ3n) is 5.99. The van der Waals surface area contributed by atoms with Gasteiger partial charge < -0.3 is 25.4 Å². The Morgan fingerprint density at radius 3 is 2.03 bits per heavy atom. The number of carboxylic acid groups (broad SMARTS) is 1. The monoisotopic (exact) mass is 467 g/mol. The summed E-state index contributed by atoms with van der Waals surface area (Å²) < 4.78 is 5.37. The van der Waals surface area contributed by atoms with Gasteiger partial charge in [-0.1, -0.05) is 48.5 Å². The first-order valence-electron chi connectivity index (χ1n) is 11.1. The first kappa shape index (κ1) is 24.8. The van der Waals surface area contributed by atoms with Gasteiger partial charge in [-0.2, -0.15) is 0 Å². The van der Waals surface area contributed by atoms with Crippen LogP contribution in [0.5, 0.6) is 0 Å². The zero-order valence-electron chi connectivity index (χ0n) is 19.5. The summed E-state index contributed by atoms with van der Waals surface area (Å²) in [6.45, 7) is 4.02. The lowest BCUT2D eigenvalue weighted by molar-refractivity contribution is -0.156. The van der Waals surface area contributed by atoms with Crippen LogP contribution in [0.2, 0.25) is 0 Å². The highest BCUT2D eigenvalue weighted by Gasteiger charge is 2.36. The van der Waals surface area contributed by atoms with Gasteiger partial charge in [0.05, 0.1) is 6.54 Å².